The van der Waals surface area contributed by atoms with Crippen LogP contribution in [0.15, 0.2) is 54.9 Å². The summed E-state index contributed by atoms with van der Waals surface area (Å²) < 4.78 is 6.60. The fourth-order valence-electron chi connectivity index (χ4n) is 5.22. The standard InChI is InChI=1S/C27H37NO2Si/c1-7-26-14-15-27(29,22-9-8-16-28-19-22)18-21(26)11-10-20-17-23(12-13-24(20)26)30-31(5,6)25(2,3)4/h8-9,12-17,19,21,29H,7,10-11,18H2,1-6H3/t21-,26?,27?/m1/s1. The Morgan fingerprint density at radius 3 is 2.61 bits per heavy atom. The van der Waals surface area contributed by atoms with Gasteiger partial charge in [0.15, 0.2) is 0 Å². The van der Waals surface area contributed by atoms with Crippen LogP contribution in [0.5, 0.6) is 5.75 Å². The van der Waals surface area contributed by atoms with E-state index in [1.165, 1.54) is 11.1 Å². The minimum Gasteiger partial charge on any atom is -0.543 e. The van der Waals surface area contributed by atoms with Gasteiger partial charge in [-0.15, -0.1) is 0 Å². The van der Waals surface area contributed by atoms with E-state index in [0.29, 0.717) is 5.92 Å². The Kier molecular flexibility index (Phi) is 5.46. The van der Waals surface area contributed by atoms with Gasteiger partial charge < -0.3 is 9.53 Å². The third-order valence-corrected chi connectivity index (χ3v) is 12.6. The van der Waals surface area contributed by atoms with Crippen molar-refractivity contribution in [3.8, 4) is 5.75 Å². The molecular formula is C27H37NO2Si. The second-order valence-electron chi connectivity index (χ2n) is 11.0. The fraction of sp³-hybridized carbons (Fsp3) is 0.519. The van der Waals surface area contributed by atoms with E-state index in [-0.39, 0.29) is 10.5 Å². The summed E-state index contributed by atoms with van der Waals surface area (Å²) in [5.74, 6) is 1.43. The minimum atomic E-state index is -1.86. The summed E-state index contributed by atoms with van der Waals surface area (Å²) in [6.07, 6.45) is 11.8. The topological polar surface area (TPSA) is 42.4 Å². The molecule has 0 radical (unpaired) electrons. The van der Waals surface area contributed by atoms with Crippen LogP contribution in [0.2, 0.25) is 18.1 Å². The van der Waals surface area contributed by atoms with Crippen molar-refractivity contribution in [2.24, 2.45) is 5.92 Å². The highest BCUT2D eigenvalue weighted by molar-refractivity contribution is 6.74. The van der Waals surface area contributed by atoms with Crippen LogP contribution in [0.25, 0.3) is 0 Å². The SMILES string of the molecule is CCC12C=CC(O)(c3cccnc3)C[C@H]1CCc1cc(O[Si](C)(C)C(C)(C)C)ccc12. The second kappa shape index (κ2) is 7.60. The molecule has 0 amide bonds. The third-order valence-electron chi connectivity index (χ3n) is 8.21. The van der Waals surface area contributed by atoms with Crippen molar-refractivity contribution < 1.29 is 9.53 Å². The van der Waals surface area contributed by atoms with E-state index in [9.17, 15) is 5.11 Å². The van der Waals surface area contributed by atoms with Crippen molar-refractivity contribution in [1.29, 1.82) is 0 Å². The zero-order valence-electron chi connectivity index (χ0n) is 19.9. The van der Waals surface area contributed by atoms with Gasteiger partial charge in [-0.05, 0) is 79.1 Å². The van der Waals surface area contributed by atoms with E-state index in [4.69, 9.17) is 4.43 Å². The summed E-state index contributed by atoms with van der Waals surface area (Å²) in [7, 11) is -1.86. The molecule has 3 atom stereocenters. The van der Waals surface area contributed by atoms with Crippen molar-refractivity contribution in [2.45, 2.75) is 82.5 Å². The molecule has 0 spiro atoms. The highest BCUT2D eigenvalue weighted by Gasteiger charge is 2.48. The predicted molar refractivity (Wildman–Crippen MR) is 130 cm³/mol. The summed E-state index contributed by atoms with van der Waals surface area (Å²) in [4.78, 5) is 4.23. The van der Waals surface area contributed by atoms with Crippen molar-refractivity contribution >= 4 is 8.32 Å². The van der Waals surface area contributed by atoms with Crippen LogP contribution in [0.4, 0.5) is 0 Å². The summed E-state index contributed by atoms with van der Waals surface area (Å²) in [5.41, 5.74) is 2.77. The van der Waals surface area contributed by atoms with E-state index in [0.717, 1.165) is 37.0 Å². The van der Waals surface area contributed by atoms with Crippen LogP contribution in [-0.2, 0) is 17.4 Å². The first-order chi connectivity index (χ1) is 14.5. The quantitative estimate of drug-likeness (QED) is 0.439. The minimum absolute atomic E-state index is 0.0163. The summed E-state index contributed by atoms with van der Waals surface area (Å²) in [5, 5.41) is 11.6. The number of benzene rings is 1. The number of hydrogen-bond acceptors (Lipinski definition) is 3. The van der Waals surface area contributed by atoms with Crippen LogP contribution in [-0.4, -0.2) is 18.4 Å². The lowest BCUT2D eigenvalue weighted by atomic mass is 9.56. The number of aryl methyl sites for hydroxylation is 1. The molecule has 2 aliphatic rings. The number of fused-ring (bicyclic) bond motifs is 3. The van der Waals surface area contributed by atoms with Gasteiger partial charge in [-0.2, -0.15) is 0 Å². The Morgan fingerprint density at radius 2 is 1.97 bits per heavy atom. The molecule has 0 aliphatic heterocycles. The lowest BCUT2D eigenvalue weighted by molar-refractivity contribution is 0.0291. The first-order valence-corrected chi connectivity index (χ1v) is 14.6. The van der Waals surface area contributed by atoms with Crippen LogP contribution in [0.1, 0.15) is 63.6 Å². The number of allylic oxidation sites excluding steroid dienone is 1. The van der Waals surface area contributed by atoms with Crippen LogP contribution < -0.4 is 4.43 Å². The van der Waals surface area contributed by atoms with Gasteiger partial charge in [0.25, 0.3) is 0 Å². The first-order valence-electron chi connectivity index (χ1n) is 11.7. The summed E-state index contributed by atoms with van der Waals surface area (Å²) >= 11 is 0. The average molecular weight is 436 g/mol. The molecule has 1 N–H and O–H groups in total. The normalized spacial score (nSPS) is 28.0. The molecule has 0 saturated heterocycles. The van der Waals surface area contributed by atoms with Crippen LogP contribution >= 0.6 is 0 Å². The molecule has 31 heavy (non-hydrogen) atoms. The molecule has 3 nitrogen and oxygen atoms in total. The first kappa shape index (κ1) is 22.3. The largest absolute Gasteiger partial charge is 0.543 e. The second-order valence-corrected chi connectivity index (χ2v) is 15.7. The number of aliphatic hydroxyl groups is 1. The molecule has 1 aromatic heterocycles. The van der Waals surface area contributed by atoms with Crippen molar-refractivity contribution in [2.75, 3.05) is 0 Å². The smallest absolute Gasteiger partial charge is 0.250 e. The van der Waals surface area contributed by atoms with Gasteiger partial charge in [-0.1, -0.05) is 52.0 Å². The molecule has 0 bridgehead atoms. The van der Waals surface area contributed by atoms with Crippen LogP contribution in [0.3, 0.4) is 0 Å². The lowest BCUT2D eigenvalue weighted by Crippen LogP contribution is -2.45. The van der Waals surface area contributed by atoms with E-state index in [1.54, 1.807) is 12.4 Å². The molecule has 4 heteroatoms. The maximum atomic E-state index is 11.4. The van der Waals surface area contributed by atoms with Gasteiger partial charge in [0.2, 0.25) is 8.32 Å². The Balaban J connectivity index is 1.69. The van der Waals surface area contributed by atoms with E-state index in [1.807, 2.05) is 18.2 Å². The zero-order valence-corrected chi connectivity index (χ0v) is 20.9. The molecule has 0 saturated carbocycles. The maximum Gasteiger partial charge on any atom is 0.250 e. The van der Waals surface area contributed by atoms with Gasteiger partial charge >= 0.3 is 0 Å². The number of hydrogen-bond donors (Lipinski definition) is 1. The molecule has 2 unspecified atom stereocenters. The Morgan fingerprint density at radius 1 is 1.19 bits per heavy atom. The van der Waals surface area contributed by atoms with Gasteiger partial charge in [-0.25, -0.2) is 0 Å². The molecule has 1 aromatic carbocycles. The molecule has 4 rings (SSSR count). The Bertz CT molecular complexity index is 978. The number of nitrogens with zero attached hydrogens (tertiary/aromatic N) is 1. The maximum absolute atomic E-state index is 11.4. The lowest BCUT2D eigenvalue weighted by Gasteiger charge is -2.49. The van der Waals surface area contributed by atoms with E-state index in [2.05, 4.69) is 70.0 Å². The molecule has 2 aromatic rings. The summed E-state index contributed by atoms with van der Waals surface area (Å²) in [6, 6.07) is 10.7. The highest BCUT2D eigenvalue weighted by Crippen LogP contribution is 2.53. The molecular weight excluding hydrogens is 398 g/mol. The zero-order chi connectivity index (χ0) is 22.5. The monoisotopic (exact) mass is 435 g/mol. The van der Waals surface area contributed by atoms with Gasteiger partial charge in [0.1, 0.15) is 11.4 Å². The number of rotatable bonds is 4. The van der Waals surface area contributed by atoms with E-state index >= 15 is 0 Å². The Hall–Kier alpha value is -1.91. The molecule has 1 heterocycles. The van der Waals surface area contributed by atoms with E-state index < -0.39 is 13.9 Å². The average Bonchev–Trinajstić information content (AvgIpc) is 2.73. The highest BCUT2D eigenvalue weighted by atomic mass is 28.4. The van der Waals surface area contributed by atoms with Crippen molar-refractivity contribution in [1.82, 2.24) is 4.98 Å². The summed E-state index contributed by atoms with van der Waals surface area (Å²) in [6.45, 7) is 13.7. The fourth-order valence-corrected chi connectivity index (χ4v) is 6.24. The van der Waals surface area contributed by atoms with Gasteiger partial charge in [0, 0.05) is 23.4 Å². The van der Waals surface area contributed by atoms with Crippen molar-refractivity contribution in [3.05, 3.63) is 71.6 Å². The van der Waals surface area contributed by atoms with Crippen LogP contribution in [0, 0.1) is 5.92 Å². The number of pyridine rings is 1. The predicted octanol–water partition coefficient (Wildman–Crippen LogP) is 6.52. The number of aromatic nitrogens is 1. The van der Waals surface area contributed by atoms with Crippen molar-refractivity contribution in [3.63, 3.8) is 0 Å². The third kappa shape index (κ3) is 3.78. The van der Waals surface area contributed by atoms with Gasteiger partial charge in [-0.3, -0.25) is 4.98 Å². The molecule has 166 valence electrons. The molecule has 0 fully saturated rings. The molecule has 2 aliphatic carbocycles. The van der Waals surface area contributed by atoms with Gasteiger partial charge in [0.05, 0.1) is 0 Å². The Labute approximate surface area is 188 Å².